The average Bonchev–Trinajstić information content (AvgIpc) is 3.53. The van der Waals surface area contributed by atoms with Crippen LogP contribution in [0.25, 0.3) is 21.0 Å². The lowest BCUT2D eigenvalue weighted by Crippen LogP contribution is -2.46. The van der Waals surface area contributed by atoms with Gasteiger partial charge in [-0.2, -0.15) is 0 Å². The summed E-state index contributed by atoms with van der Waals surface area (Å²) < 4.78 is 8.75. The Kier molecular flexibility index (Phi) is 11.7. The van der Waals surface area contributed by atoms with Crippen LogP contribution in [0.15, 0.2) is 64.8 Å². The first-order valence-electron chi connectivity index (χ1n) is 16.5. The fourth-order valence-corrected chi connectivity index (χ4v) is 6.97. The molecule has 7 nitrogen and oxygen atoms in total. The maximum Gasteiger partial charge on any atom is 0.331 e. The van der Waals surface area contributed by atoms with Crippen LogP contribution in [0.1, 0.15) is 64.7 Å². The summed E-state index contributed by atoms with van der Waals surface area (Å²) in [5.74, 6) is 0.690. The van der Waals surface area contributed by atoms with E-state index in [0.29, 0.717) is 24.4 Å². The topological polar surface area (TPSA) is 58.0 Å². The maximum atomic E-state index is 13.3. The first kappa shape index (κ1) is 32.0. The van der Waals surface area contributed by atoms with Gasteiger partial charge in [0.2, 0.25) is 0 Å². The second-order valence-corrected chi connectivity index (χ2v) is 13.0. The SMILES string of the molecule is CCCCCCCCCN(C)C(=O)n1c(=O)ccc2ccc(OCCCCN3CCN(c4cccc5sccc45)CC3)cc21. The van der Waals surface area contributed by atoms with Crippen molar-refractivity contribution in [1.29, 1.82) is 0 Å². The number of carbonyl (C=O) groups excluding carboxylic acids is 1. The van der Waals surface area contributed by atoms with E-state index < -0.39 is 0 Å². The molecule has 1 saturated heterocycles. The monoisotopic (exact) mass is 616 g/mol. The highest BCUT2D eigenvalue weighted by molar-refractivity contribution is 7.17. The third-order valence-electron chi connectivity index (χ3n) is 8.81. The van der Waals surface area contributed by atoms with Crippen LogP contribution in [0.3, 0.4) is 0 Å². The molecule has 0 unspecified atom stereocenters. The van der Waals surface area contributed by atoms with Gasteiger partial charge in [0.15, 0.2) is 0 Å². The van der Waals surface area contributed by atoms with Gasteiger partial charge >= 0.3 is 6.03 Å². The third kappa shape index (κ3) is 8.21. The van der Waals surface area contributed by atoms with Crippen molar-refractivity contribution in [3.8, 4) is 5.75 Å². The highest BCUT2D eigenvalue weighted by Crippen LogP contribution is 2.31. The number of unbranched alkanes of at least 4 members (excludes halogenated alkanes) is 7. The number of nitrogens with zero attached hydrogens (tertiary/aromatic N) is 4. The van der Waals surface area contributed by atoms with Crippen molar-refractivity contribution < 1.29 is 9.53 Å². The molecule has 4 aromatic rings. The van der Waals surface area contributed by atoms with Gasteiger partial charge in [-0.05, 0) is 73.0 Å². The third-order valence-corrected chi connectivity index (χ3v) is 9.69. The van der Waals surface area contributed by atoms with Crippen LogP contribution >= 0.6 is 11.3 Å². The number of aromatic nitrogens is 1. The number of rotatable bonds is 15. The van der Waals surface area contributed by atoms with E-state index in [1.54, 1.807) is 18.0 Å². The number of piperazine rings is 1. The number of hydrogen-bond acceptors (Lipinski definition) is 6. The first-order chi connectivity index (χ1) is 21.5. The summed E-state index contributed by atoms with van der Waals surface area (Å²) in [4.78, 5) is 32.9. The molecule has 8 heteroatoms. The number of anilines is 1. The fraction of sp³-hybridized carbons (Fsp3) is 0.500. The zero-order chi connectivity index (χ0) is 30.7. The van der Waals surface area contributed by atoms with Gasteiger partial charge in [0, 0.05) is 67.7 Å². The molecule has 1 aliphatic heterocycles. The Bertz CT molecular complexity index is 1560. The van der Waals surface area contributed by atoms with E-state index in [1.165, 1.54) is 58.5 Å². The summed E-state index contributed by atoms with van der Waals surface area (Å²) in [5.41, 5.74) is 1.65. The van der Waals surface area contributed by atoms with E-state index in [1.807, 2.05) is 29.5 Å². The predicted octanol–water partition coefficient (Wildman–Crippen LogP) is 7.85. The first-order valence-corrected chi connectivity index (χ1v) is 17.4. The van der Waals surface area contributed by atoms with E-state index in [9.17, 15) is 9.59 Å². The standard InChI is InChI=1S/C36H48N4O3S/c1-3-4-5-6-7-8-9-20-37(2)36(42)40-33-28-30(17-15-29(33)16-18-35(40)41)43-26-11-10-21-38-22-24-39(25-23-38)32-13-12-14-34-31(32)19-27-44-34/h12-19,27-28H,3-11,20-26H2,1-2H3. The number of benzene rings is 2. The second-order valence-electron chi connectivity index (χ2n) is 12.0. The number of hydrogen-bond donors (Lipinski definition) is 0. The molecule has 0 saturated carbocycles. The summed E-state index contributed by atoms with van der Waals surface area (Å²) in [6, 6.07) is 17.5. The average molecular weight is 617 g/mol. The lowest BCUT2D eigenvalue weighted by molar-refractivity contribution is 0.209. The lowest BCUT2D eigenvalue weighted by Gasteiger charge is -2.36. The molecular weight excluding hydrogens is 568 g/mol. The van der Waals surface area contributed by atoms with Crippen LogP contribution in [0.2, 0.25) is 0 Å². The van der Waals surface area contributed by atoms with Crippen molar-refractivity contribution in [2.45, 2.75) is 64.7 Å². The number of pyridine rings is 1. The van der Waals surface area contributed by atoms with Crippen molar-refractivity contribution >= 4 is 44.0 Å². The molecule has 236 valence electrons. The zero-order valence-corrected chi connectivity index (χ0v) is 27.3. The van der Waals surface area contributed by atoms with E-state index in [0.717, 1.165) is 63.8 Å². The minimum absolute atomic E-state index is 0.282. The van der Waals surface area contributed by atoms with E-state index in [4.69, 9.17) is 4.74 Å². The second kappa shape index (κ2) is 16.1. The number of amides is 1. The number of thiophene rings is 1. The van der Waals surface area contributed by atoms with Crippen LogP contribution in [0.4, 0.5) is 10.5 Å². The fourth-order valence-electron chi connectivity index (χ4n) is 6.17. The summed E-state index contributed by atoms with van der Waals surface area (Å²) in [7, 11) is 1.79. The molecule has 0 N–H and O–H groups in total. The van der Waals surface area contributed by atoms with Crippen LogP contribution in [-0.4, -0.2) is 73.3 Å². The molecule has 0 aliphatic carbocycles. The molecular formula is C36H48N4O3S. The molecule has 2 aromatic heterocycles. The maximum absolute atomic E-state index is 13.3. The van der Waals surface area contributed by atoms with Gasteiger partial charge in [-0.25, -0.2) is 9.36 Å². The number of ether oxygens (including phenoxy) is 1. The Morgan fingerprint density at radius 3 is 2.48 bits per heavy atom. The van der Waals surface area contributed by atoms with Crippen LogP contribution < -0.4 is 15.2 Å². The Balaban J connectivity index is 1.07. The Hall–Kier alpha value is -3.36. The highest BCUT2D eigenvalue weighted by Gasteiger charge is 2.19. The van der Waals surface area contributed by atoms with Crippen LogP contribution in [0, 0.1) is 0 Å². The summed E-state index contributed by atoms with van der Waals surface area (Å²) >= 11 is 1.81. The lowest BCUT2D eigenvalue weighted by atomic mass is 10.1. The smallest absolute Gasteiger partial charge is 0.331 e. The minimum Gasteiger partial charge on any atom is -0.494 e. The van der Waals surface area contributed by atoms with E-state index in [-0.39, 0.29) is 11.6 Å². The predicted molar refractivity (Wildman–Crippen MR) is 185 cm³/mol. The molecule has 2 aromatic carbocycles. The molecule has 0 atom stereocenters. The molecule has 0 bridgehead atoms. The van der Waals surface area contributed by atoms with Gasteiger partial charge in [-0.15, -0.1) is 11.3 Å². The molecule has 5 rings (SSSR count). The van der Waals surface area contributed by atoms with Gasteiger partial charge < -0.3 is 14.5 Å². The van der Waals surface area contributed by atoms with Crippen molar-refractivity contribution in [2.75, 3.05) is 57.8 Å². The molecule has 1 fully saturated rings. The van der Waals surface area contributed by atoms with Crippen molar-refractivity contribution in [1.82, 2.24) is 14.4 Å². The van der Waals surface area contributed by atoms with Gasteiger partial charge in [-0.1, -0.05) is 51.5 Å². The molecule has 0 spiro atoms. The van der Waals surface area contributed by atoms with Crippen LogP contribution in [-0.2, 0) is 0 Å². The van der Waals surface area contributed by atoms with Gasteiger partial charge in [0.1, 0.15) is 5.75 Å². The van der Waals surface area contributed by atoms with Gasteiger partial charge in [-0.3, -0.25) is 9.69 Å². The summed E-state index contributed by atoms with van der Waals surface area (Å²) in [5, 5.41) is 4.40. The number of carbonyl (C=O) groups is 1. The van der Waals surface area contributed by atoms with Gasteiger partial charge in [0.05, 0.1) is 12.1 Å². The largest absolute Gasteiger partial charge is 0.494 e. The zero-order valence-electron chi connectivity index (χ0n) is 26.5. The number of fused-ring (bicyclic) bond motifs is 2. The molecule has 1 amide bonds. The quantitative estimate of drug-likeness (QED) is 0.127. The molecule has 3 heterocycles. The van der Waals surface area contributed by atoms with Crippen LogP contribution in [0.5, 0.6) is 5.75 Å². The van der Waals surface area contributed by atoms with Crippen molar-refractivity contribution in [3.05, 3.63) is 70.3 Å². The highest BCUT2D eigenvalue weighted by atomic mass is 32.1. The Morgan fingerprint density at radius 1 is 0.886 bits per heavy atom. The molecule has 1 aliphatic rings. The normalized spacial score (nSPS) is 14.0. The van der Waals surface area contributed by atoms with Crippen molar-refractivity contribution in [2.24, 2.45) is 0 Å². The van der Waals surface area contributed by atoms with Gasteiger partial charge in [0.25, 0.3) is 5.56 Å². The van der Waals surface area contributed by atoms with E-state index >= 15 is 0 Å². The Labute approximate surface area is 266 Å². The van der Waals surface area contributed by atoms with Crippen molar-refractivity contribution in [3.63, 3.8) is 0 Å². The minimum atomic E-state index is -0.307. The summed E-state index contributed by atoms with van der Waals surface area (Å²) in [6.45, 7) is 8.80. The summed E-state index contributed by atoms with van der Waals surface area (Å²) in [6.07, 6.45) is 10.3. The Morgan fingerprint density at radius 2 is 1.66 bits per heavy atom. The van der Waals surface area contributed by atoms with E-state index in [2.05, 4.69) is 46.4 Å². The molecule has 44 heavy (non-hydrogen) atoms. The molecule has 0 radical (unpaired) electrons.